The third kappa shape index (κ3) is 8.02. The van der Waals surface area contributed by atoms with Crippen molar-refractivity contribution in [3.63, 3.8) is 0 Å². The van der Waals surface area contributed by atoms with Crippen molar-refractivity contribution in [1.29, 1.82) is 0 Å². The van der Waals surface area contributed by atoms with Crippen LogP contribution in [0.3, 0.4) is 0 Å². The molecule has 0 heterocycles. The van der Waals surface area contributed by atoms with Gasteiger partial charge < -0.3 is 4.74 Å². The van der Waals surface area contributed by atoms with Gasteiger partial charge in [-0.25, -0.2) is 4.79 Å². The number of esters is 1. The van der Waals surface area contributed by atoms with E-state index >= 15 is 0 Å². The van der Waals surface area contributed by atoms with Crippen molar-refractivity contribution in [2.24, 2.45) is 0 Å². The molecule has 0 aromatic heterocycles. The van der Waals surface area contributed by atoms with Crippen molar-refractivity contribution >= 4 is 5.97 Å². The molecule has 0 N–H and O–H groups in total. The van der Waals surface area contributed by atoms with Crippen molar-refractivity contribution < 1.29 is 9.53 Å². The highest BCUT2D eigenvalue weighted by Gasteiger charge is 2.01. The molecule has 0 aliphatic rings. The Bertz CT molecular complexity index is 235. The molecule has 0 saturated heterocycles. The Morgan fingerprint density at radius 1 is 1.27 bits per heavy atom. The van der Waals surface area contributed by atoms with Crippen molar-refractivity contribution in [2.45, 2.75) is 52.9 Å². The van der Waals surface area contributed by atoms with Crippen LogP contribution in [0.5, 0.6) is 0 Å². The summed E-state index contributed by atoms with van der Waals surface area (Å²) in [6.07, 6.45) is 7.90. The van der Waals surface area contributed by atoms with Gasteiger partial charge in [-0.05, 0) is 32.8 Å². The van der Waals surface area contributed by atoms with E-state index in [1.807, 2.05) is 6.08 Å². The molecule has 0 radical (unpaired) electrons. The first-order valence-electron chi connectivity index (χ1n) is 5.81. The Hall–Kier alpha value is -1.01. The van der Waals surface area contributed by atoms with Gasteiger partial charge in [0.05, 0.1) is 12.2 Å². The SMILES string of the molecule is CCCCCCC=C=C(C)C(=O)OCC. The molecule has 0 bridgehead atoms. The van der Waals surface area contributed by atoms with E-state index in [0.29, 0.717) is 12.2 Å². The van der Waals surface area contributed by atoms with E-state index in [4.69, 9.17) is 4.74 Å². The minimum Gasteiger partial charge on any atom is -0.462 e. The van der Waals surface area contributed by atoms with Gasteiger partial charge in [0.15, 0.2) is 0 Å². The highest BCUT2D eigenvalue weighted by molar-refractivity contribution is 5.87. The molecule has 0 unspecified atom stereocenters. The van der Waals surface area contributed by atoms with Gasteiger partial charge in [-0.2, -0.15) is 0 Å². The molecule has 2 heteroatoms. The Morgan fingerprint density at radius 3 is 2.60 bits per heavy atom. The minimum absolute atomic E-state index is 0.262. The minimum atomic E-state index is -0.262. The number of ether oxygens (including phenoxy) is 1. The van der Waals surface area contributed by atoms with E-state index in [0.717, 1.165) is 6.42 Å². The Labute approximate surface area is 93.0 Å². The van der Waals surface area contributed by atoms with E-state index in [1.165, 1.54) is 25.7 Å². The van der Waals surface area contributed by atoms with Gasteiger partial charge in [-0.15, -0.1) is 5.73 Å². The smallest absolute Gasteiger partial charge is 0.341 e. The maximum absolute atomic E-state index is 11.2. The Kier molecular flexibility index (Phi) is 8.90. The molecule has 15 heavy (non-hydrogen) atoms. The summed E-state index contributed by atoms with van der Waals surface area (Å²) in [5.41, 5.74) is 3.52. The summed E-state index contributed by atoms with van der Waals surface area (Å²) < 4.78 is 4.84. The Balaban J connectivity index is 3.80. The van der Waals surface area contributed by atoms with Gasteiger partial charge in [0.25, 0.3) is 0 Å². The summed E-state index contributed by atoms with van der Waals surface area (Å²) in [6, 6.07) is 0. The maximum atomic E-state index is 11.2. The molecule has 0 atom stereocenters. The molecule has 0 rings (SSSR count). The van der Waals surface area contributed by atoms with Crippen LogP contribution in [-0.4, -0.2) is 12.6 Å². The van der Waals surface area contributed by atoms with Gasteiger partial charge in [0, 0.05) is 0 Å². The average molecular weight is 210 g/mol. The second-order valence-electron chi connectivity index (χ2n) is 3.54. The standard InChI is InChI=1S/C13H22O2/c1-4-6-7-8-9-10-11-12(3)13(14)15-5-2/h10H,4-9H2,1-3H3. The van der Waals surface area contributed by atoms with Crippen LogP contribution in [0.1, 0.15) is 52.9 Å². The molecule has 0 aliphatic carbocycles. The molecular formula is C13H22O2. The number of rotatable bonds is 7. The summed E-state index contributed by atoms with van der Waals surface area (Å²) in [5.74, 6) is -0.262. The predicted octanol–water partition coefficient (Wildman–Crippen LogP) is 3.62. The van der Waals surface area contributed by atoms with E-state index in [1.54, 1.807) is 13.8 Å². The van der Waals surface area contributed by atoms with Gasteiger partial charge in [-0.3, -0.25) is 0 Å². The molecule has 0 amide bonds. The molecule has 0 spiro atoms. The first-order chi connectivity index (χ1) is 7.22. The van der Waals surface area contributed by atoms with Crippen LogP contribution in [0.25, 0.3) is 0 Å². The number of unbranched alkanes of at least 4 members (excludes halogenated alkanes) is 4. The number of carbonyl (C=O) groups excluding carboxylic acids is 1. The third-order valence-electron chi connectivity index (χ3n) is 2.10. The molecule has 2 nitrogen and oxygen atoms in total. The molecule has 0 aliphatic heterocycles. The fourth-order valence-electron chi connectivity index (χ4n) is 1.20. The molecule has 0 saturated carbocycles. The first-order valence-corrected chi connectivity index (χ1v) is 5.81. The lowest BCUT2D eigenvalue weighted by molar-refractivity contribution is -0.138. The van der Waals surface area contributed by atoms with Crippen molar-refractivity contribution in [1.82, 2.24) is 0 Å². The number of hydrogen-bond acceptors (Lipinski definition) is 2. The fourth-order valence-corrected chi connectivity index (χ4v) is 1.20. The van der Waals surface area contributed by atoms with Crippen LogP contribution >= 0.6 is 0 Å². The van der Waals surface area contributed by atoms with Crippen molar-refractivity contribution in [3.8, 4) is 0 Å². The number of hydrogen-bond donors (Lipinski definition) is 0. The van der Waals surface area contributed by atoms with Crippen molar-refractivity contribution in [3.05, 3.63) is 17.4 Å². The quantitative estimate of drug-likeness (QED) is 0.277. The first kappa shape index (κ1) is 14.0. The van der Waals surface area contributed by atoms with Crippen LogP contribution in [0.2, 0.25) is 0 Å². The monoisotopic (exact) mass is 210 g/mol. The fraction of sp³-hybridized carbons (Fsp3) is 0.692. The van der Waals surface area contributed by atoms with Gasteiger partial charge in [0.2, 0.25) is 0 Å². The van der Waals surface area contributed by atoms with E-state index in [2.05, 4.69) is 12.7 Å². The topological polar surface area (TPSA) is 26.3 Å². The lowest BCUT2D eigenvalue weighted by Gasteiger charge is -1.97. The second-order valence-corrected chi connectivity index (χ2v) is 3.54. The molecule has 86 valence electrons. The number of carbonyl (C=O) groups is 1. The molecule has 0 fully saturated rings. The van der Waals surface area contributed by atoms with Crippen LogP contribution in [0.4, 0.5) is 0 Å². The summed E-state index contributed by atoms with van der Waals surface area (Å²) in [5, 5.41) is 0. The Morgan fingerprint density at radius 2 is 2.00 bits per heavy atom. The lowest BCUT2D eigenvalue weighted by Crippen LogP contribution is -2.03. The highest BCUT2D eigenvalue weighted by atomic mass is 16.5. The summed E-state index contributed by atoms with van der Waals surface area (Å²) >= 11 is 0. The van der Waals surface area contributed by atoms with Crippen molar-refractivity contribution in [2.75, 3.05) is 6.61 Å². The lowest BCUT2D eigenvalue weighted by atomic mass is 10.1. The maximum Gasteiger partial charge on any atom is 0.341 e. The van der Waals surface area contributed by atoms with Gasteiger partial charge in [0.1, 0.15) is 0 Å². The largest absolute Gasteiger partial charge is 0.462 e. The highest BCUT2D eigenvalue weighted by Crippen LogP contribution is 2.03. The molecule has 0 aromatic rings. The van der Waals surface area contributed by atoms with E-state index in [-0.39, 0.29) is 5.97 Å². The third-order valence-corrected chi connectivity index (χ3v) is 2.10. The zero-order valence-corrected chi connectivity index (χ0v) is 10.1. The van der Waals surface area contributed by atoms with E-state index < -0.39 is 0 Å². The van der Waals surface area contributed by atoms with Crippen LogP contribution in [-0.2, 0) is 9.53 Å². The van der Waals surface area contributed by atoms with Gasteiger partial charge in [-0.1, -0.05) is 26.2 Å². The zero-order valence-electron chi connectivity index (χ0n) is 10.1. The molecule has 0 aromatic carbocycles. The van der Waals surface area contributed by atoms with E-state index in [9.17, 15) is 4.79 Å². The van der Waals surface area contributed by atoms with Gasteiger partial charge >= 0.3 is 5.97 Å². The normalized spacial score (nSPS) is 9.27. The summed E-state index contributed by atoms with van der Waals surface area (Å²) in [4.78, 5) is 11.2. The average Bonchev–Trinajstić information content (AvgIpc) is 2.23. The zero-order chi connectivity index (χ0) is 11.5. The van der Waals surface area contributed by atoms with Crippen LogP contribution < -0.4 is 0 Å². The summed E-state index contributed by atoms with van der Waals surface area (Å²) in [7, 11) is 0. The predicted molar refractivity (Wildman–Crippen MR) is 62.7 cm³/mol. The van der Waals surface area contributed by atoms with Crippen LogP contribution in [0, 0.1) is 0 Å². The molecular weight excluding hydrogens is 188 g/mol. The second kappa shape index (κ2) is 9.54. The van der Waals surface area contributed by atoms with Crippen LogP contribution in [0.15, 0.2) is 17.4 Å². The summed E-state index contributed by atoms with van der Waals surface area (Å²) in [6.45, 7) is 6.16.